The zero-order valence-electron chi connectivity index (χ0n) is 9.36. The minimum atomic E-state index is -0.709. The van der Waals surface area contributed by atoms with Crippen molar-refractivity contribution in [2.45, 2.75) is 6.04 Å². The van der Waals surface area contributed by atoms with Gasteiger partial charge in [-0.2, -0.15) is 0 Å². The van der Waals surface area contributed by atoms with E-state index in [-0.39, 0.29) is 11.9 Å². The zero-order valence-corrected chi connectivity index (χ0v) is 9.36. The first-order valence-corrected chi connectivity index (χ1v) is 5.53. The van der Waals surface area contributed by atoms with Gasteiger partial charge in [0.05, 0.1) is 12.2 Å². The van der Waals surface area contributed by atoms with Crippen LogP contribution in [0.5, 0.6) is 5.75 Å². The molecule has 3 nitrogen and oxygen atoms in total. The summed E-state index contributed by atoms with van der Waals surface area (Å²) < 4.78 is 31.7. The number of pyridine rings is 1. The Morgan fingerprint density at radius 1 is 1.28 bits per heavy atom. The lowest BCUT2D eigenvalue weighted by molar-refractivity contribution is 0.339. The molecule has 0 saturated heterocycles. The number of rotatable bonds is 2. The standard InChI is InChI=1S/C13H10F2N2O/c14-8-5-10(15)13(16-6-8)17-11-7-18-12-4-2-1-3-9(11)12/h1-6,11H,7H2,(H,16,17). The number of ether oxygens (including phenoxy) is 1. The maximum atomic E-state index is 13.5. The molecular weight excluding hydrogens is 238 g/mol. The second-order valence-electron chi connectivity index (χ2n) is 4.03. The van der Waals surface area contributed by atoms with E-state index in [0.29, 0.717) is 6.61 Å². The summed E-state index contributed by atoms with van der Waals surface area (Å²) in [6, 6.07) is 8.15. The molecule has 1 N–H and O–H groups in total. The highest BCUT2D eigenvalue weighted by molar-refractivity contribution is 5.46. The molecule has 1 aliphatic heterocycles. The molecule has 1 aromatic heterocycles. The first kappa shape index (κ1) is 11.0. The predicted octanol–water partition coefficient (Wildman–Crippen LogP) is 2.91. The summed E-state index contributed by atoms with van der Waals surface area (Å²) in [5.41, 5.74) is 0.947. The molecule has 5 heteroatoms. The lowest BCUT2D eigenvalue weighted by atomic mass is 10.1. The lowest BCUT2D eigenvalue weighted by Crippen LogP contribution is -2.14. The van der Waals surface area contributed by atoms with Gasteiger partial charge in [0.2, 0.25) is 0 Å². The van der Waals surface area contributed by atoms with Gasteiger partial charge in [-0.15, -0.1) is 0 Å². The van der Waals surface area contributed by atoms with Crippen molar-refractivity contribution in [2.75, 3.05) is 11.9 Å². The van der Waals surface area contributed by atoms with E-state index < -0.39 is 11.6 Å². The van der Waals surface area contributed by atoms with Crippen molar-refractivity contribution >= 4 is 5.82 Å². The van der Waals surface area contributed by atoms with E-state index in [0.717, 1.165) is 23.6 Å². The SMILES string of the molecule is Fc1cnc(NC2COc3ccccc32)c(F)c1. The number of hydrogen-bond donors (Lipinski definition) is 1. The second kappa shape index (κ2) is 4.25. The minimum absolute atomic E-state index is 0.0294. The summed E-state index contributed by atoms with van der Waals surface area (Å²) in [6.45, 7) is 0.401. The van der Waals surface area contributed by atoms with Crippen molar-refractivity contribution in [3.05, 3.63) is 53.7 Å². The Labute approximate surface area is 102 Å². The van der Waals surface area contributed by atoms with Gasteiger partial charge < -0.3 is 10.1 Å². The average molecular weight is 248 g/mol. The number of fused-ring (bicyclic) bond motifs is 1. The van der Waals surface area contributed by atoms with Crippen molar-refractivity contribution in [1.82, 2.24) is 4.98 Å². The van der Waals surface area contributed by atoms with Crippen LogP contribution in [0.3, 0.4) is 0 Å². The Hall–Kier alpha value is -2.17. The summed E-state index contributed by atoms with van der Waals surface area (Å²) >= 11 is 0. The number of anilines is 1. The molecule has 1 unspecified atom stereocenters. The van der Waals surface area contributed by atoms with Gasteiger partial charge in [0.25, 0.3) is 0 Å². The van der Waals surface area contributed by atoms with Gasteiger partial charge in [0.1, 0.15) is 18.2 Å². The minimum Gasteiger partial charge on any atom is -0.491 e. The number of hydrogen-bond acceptors (Lipinski definition) is 3. The summed E-state index contributed by atoms with van der Waals surface area (Å²) in [4.78, 5) is 3.70. The normalized spacial score (nSPS) is 17.1. The zero-order chi connectivity index (χ0) is 12.5. The van der Waals surface area contributed by atoms with Gasteiger partial charge in [-0.05, 0) is 6.07 Å². The van der Waals surface area contributed by atoms with E-state index in [1.165, 1.54) is 0 Å². The van der Waals surface area contributed by atoms with E-state index >= 15 is 0 Å². The Kier molecular flexibility index (Phi) is 2.59. The highest BCUT2D eigenvalue weighted by atomic mass is 19.1. The Bertz CT molecular complexity index is 589. The highest BCUT2D eigenvalue weighted by Gasteiger charge is 2.24. The largest absolute Gasteiger partial charge is 0.491 e. The molecule has 0 aliphatic carbocycles. The second-order valence-corrected chi connectivity index (χ2v) is 4.03. The van der Waals surface area contributed by atoms with Crippen LogP contribution in [0.15, 0.2) is 36.5 Å². The van der Waals surface area contributed by atoms with Crippen LogP contribution in [0.2, 0.25) is 0 Å². The summed E-state index contributed by atoms with van der Waals surface area (Å²) in [7, 11) is 0. The predicted molar refractivity (Wildman–Crippen MR) is 62.5 cm³/mol. The lowest BCUT2D eigenvalue weighted by Gasteiger charge is -2.12. The molecular formula is C13H10F2N2O. The number of para-hydroxylation sites is 1. The molecule has 0 fully saturated rings. The summed E-state index contributed by atoms with van der Waals surface area (Å²) in [5, 5.41) is 2.91. The van der Waals surface area contributed by atoms with Gasteiger partial charge in [0, 0.05) is 11.6 Å². The molecule has 1 atom stereocenters. The third-order valence-electron chi connectivity index (χ3n) is 2.82. The van der Waals surface area contributed by atoms with Gasteiger partial charge in [0.15, 0.2) is 11.6 Å². The Morgan fingerprint density at radius 2 is 2.11 bits per heavy atom. The van der Waals surface area contributed by atoms with Gasteiger partial charge in [-0.1, -0.05) is 18.2 Å². The summed E-state index contributed by atoms with van der Waals surface area (Å²) in [5.74, 6) is -0.597. The first-order chi connectivity index (χ1) is 8.74. The van der Waals surface area contributed by atoms with Crippen LogP contribution in [-0.2, 0) is 0 Å². The molecule has 0 saturated carbocycles. The number of nitrogens with zero attached hydrogens (tertiary/aromatic N) is 1. The molecule has 0 amide bonds. The molecule has 3 rings (SSSR count). The molecule has 0 bridgehead atoms. The monoisotopic (exact) mass is 248 g/mol. The van der Waals surface area contributed by atoms with Crippen molar-refractivity contribution in [3.8, 4) is 5.75 Å². The van der Waals surface area contributed by atoms with Crippen molar-refractivity contribution in [1.29, 1.82) is 0 Å². The van der Waals surface area contributed by atoms with Crippen LogP contribution in [0, 0.1) is 11.6 Å². The average Bonchev–Trinajstić information content (AvgIpc) is 2.76. The molecule has 92 valence electrons. The van der Waals surface area contributed by atoms with Gasteiger partial charge >= 0.3 is 0 Å². The number of nitrogens with one attached hydrogen (secondary N) is 1. The van der Waals surface area contributed by atoms with E-state index in [4.69, 9.17) is 4.74 Å². The number of halogens is 2. The van der Waals surface area contributed by atoms with Crippen LogP contribution >= 0.6 is 0 Å². The van der Waals surface area contributed by atoms with Crippen LogP contribution < -0.4 is 10.1 Å². The van der Waals surface area contributed by atoms with Crippen LogP contribution in [0.4, 0.5) is 14.6 Å². The van der Waals surface area contributed by atoms with E-state index in [1.54, 1.807) is 0 Å². The van der Waals surface area contributed by atoms with Crippen LogP contribution in [-0.4, -0.2) is 11.6 Å². The summed E-state index contributed by atoms with van der Waals surface area (Å²) in [6.07, 6.45) is 0.979. The van der Waals surface area contributed by atoms with Gasteiger partial charge in [-0.25, -0.2) is 13.8 Å². The highest BCUT2D eigenvalue weighted by Crippen LogP contribution is 2.34. The molecule has 18 heavy (non-hydrogen) atoms. The third kappa shape index (κ3) is 1.88. The number of benzene rings is 1. The first-order valence-electron chi connectivity index (χ1n) is 5.53. The third-order valence-corrected chi connectivity index (χ3v) is 2.82. The van der Waals surface area contributed by atoms with E-state index in [9.17, 15) is 8.78 Å². The maximum absolute atomic E-state index is 13.5. The van der Waals surface area contributed by atoms with Crippen molar-refractivity contribution in [2.24, 2.45) is 0 Å². The quantitative estimate of drug-likeness (QED) is 0.887. The Balaban J connectivity index is 1.86. The van der Waals surface area contributed by atoms with E-state index in [1.807, 2.05) is 24.3 Å². The molecule has 1 aliphatic rings. The maximum Gasteiger partial charge on any atom is 0.168 e. The van der Waals surface area contributed by atoms with Crippen LogP contribution in [0.25, 0.3) is 0 Å². The number of aromatic nitrogens is 1. The molecule has 0 spiro atoms. The molecule has 1 aromatic carbocycles. The molecule has 2 heterocycles. The van der Waals surface area contributed by atoms with Crippen molar-refractivity contribution < 1.29 is 13.5 Å². The molecule has 2 aromatic rings. The van der Waals surface area contributed by atoms with Gasteiger partial charge in [-0.3, -0.25) is 0 Å². The fourth-order valence-electron chi connectivity index (χ4n) is 1.97. The topological polar surface area (TPSA) is 34.2 Å². The van der Waals surface area contributed by atoms with E-state index in [2.05, 4.69) is 10.3 Å². The van der Waals surface area contributed by atoms with Crippen LogP contribution in [0.1, 0.15) is 11.6 Å². The fourth-order valence-corrected chi connectivity index (χ4v) is 1.97. The Morgan fingerprint density at radius 3 is 2.94 bits per heavy atom. The van der Waals surface area contributed by atoms with Crippen molar-refractivity contribution in [3.63, 3.8) is 0 Å². The fraction of sp³-hybridized carbons (Fsp3) is 0.154. The smallest absolute Gasteiger partial charge is 0.168 e. The molecule has 0 radical (unpaired) electrons.